The molecular weight excluding hydrogens is 160 g/mol. The van der Waals surface area contributed by atoms with Gasteiger partial charge in [-0.15, -0.1) is 0 Å². The van der Waals surface area contributed by atoms with Crippen molar-refractivity contribution in [1.29, 1.82) is 0 Å². The van der Waals surface area contributed by atoms with Crippen LogP contribution in [-0.2, 0) is 0 Å². The molecule has 0 unspecified atom stereocenters. The van der Waals surface area contributed by atoms with Crippen molar-refractivity contribution in [3.8, 4) is 0 Å². The van der Waals surface area contributed by atoms with Crippen LogP contribution in [0.15, 0.2) is 36.4 Å². The molecule has 2 rings (SSSR count). The summed E-state index contributed by atoms with van der Waals surface area (Å²) in [5, 5.41) is 2.56. The molecule has 0 saturated carbocycles. The van der Waals surface area contributed by atoms with Gasteiger partial charge in [0.1, 0.15) is 0 Å². The number of benzene rings is 2. The highest BCUT2D eigenvalue weighted by molar-refractivity contribution is 5.88. The summed E-state index contributed by atoms with van der Waals surface area (Å²) < 4.78 is 0. The molecule has 0 radical (unpaired) electrons. The third-order valence-corrected chi connectivity index (χ3v) is 2.30. The number of hydrogen-bond acceptors (Lipinski definition) is 1. The molecule has 0 spiro atoms. The van der Waals surface area contributed by atoms with E-state index in [0.717, 1.165) is 5.69 Å². The number of hydrogen-bond donors (Lipinski definition) is 2. The molecule has 13 heavy (non-hydrogen) atoms. The van der Waals surface area contributed by atoms with Gasteiger partial charge in [0.2, 0.25) is 0 Å². The van der Waals surface area contributed by atoms with E-state index in [0.29, 0.717) is 0 Å². The number of quaternary nitrogens is 1. The van der Waals surface area contributed by atoms with Crippen molar-refractivity contribution in [2.75, 3.05) is 5.43 Å². The Hall–Kier alpha value is -1.54. The summed E-state index contributed by atoms with van der Waals surface area (Å²) in [7, 11) is 0. The normalized spacial score (nSPS) is 10.3. The van der Waals surface area contributed by atoms with Crippen molar-refractivity contribution >= 4 is 16.5 Å². The first kappa shape index (κ1) is 8.08. The van der Waals surface area contributed by atoms with E-state index in [1.807, 2.05) is 6.07 Å². The minimum absolute atomic E-state index is 1.05. The van der Waals surface area contributed by atoms with E-state index in [4.69, 9.17) is 0 Å². The zero-order chi connectivity index (χ0) is 9.26. The predicted molar refractivity (Wildman–Crippen MR) is 55.2 cm³/mol. The summed E-state index contributed by atoms with van der Waals surface area (Å²) in [5.74, 6) is 3.64. The Morgan fingerprint density at radius 1 is 1.15 bits per heavy atom. The van der Waals surface area contributed by atoms with Crippen molar-refractivity contribution < 1.29 is 5.84 Å². The van der Waals surface area contributed by atoms with Crippen LogP contribution in [0.5, 0.6) is 0 Å². The van der Waals surface area contributed by atoms with Gasteiger partial charge in [0, 0.05) is 0 Å². The van der Waals surface area contributed by atoms with Crippen molar-refractivity contribution in [3.05, 3.63) is 42.0 Å². The molecule has 0 heterocycles. The molecular formula is C11H13N2+. The van der Waals surface area contributed by atoms with Crippen LogP contribution in [0, 0.1) is 6.92 Å². The number of nitrogens with one attached hydrogen (secondary N) is 1. The maximum Gasteiger partial charge on any atom is 0.0853 e. The Morgan fingerprint density at radius 2 is 2.00 bits per heavy atom. The third-order valence-electron chi connectivity index (χ3n) is 2.30. The molecule has 0 saturated heterocycles. The van der Waals surface area contributed by atoms with E-state index in [2.05, 4.69) is 48.5 Å². The van der Waals surface area contributed by atoms with Crippen LogP contribution in [0.3, 0.4) is 0 Å². The third kappa shape index (κ3) is 1.36. The summed E-state index contributed by atoms with van der Waals surface area (Å²) in [6.45, 7) is 2.12. The Labute approximate surface area is 77.3 Å². The van der Waals surface area contributed by atoms with Crippen LogP contribution >= 0.6 is 0 Å². The lowest BCUT2D eigenvalue weighted by Gasteiger charge is -2.03. The molecule has 0 bridgehead atoms. The zero-order valence-corrected chi connectivity index (χ0v) is 7.67. The van der Waals surface area contributed by atoms with Gasteiger partial charge in [-0.25, -0.2) is 5.43 Å². The number of aryl methyl sites for hydroxylation is 1. The highest BCUT2D eigenvalue weighted by Gasteiger charge is 1.97. The molecule has 0 aliphatic rings. The summed E-state index contributed by atoms with van der Waals surface area (Å²) in [6, 6.07) is 12.6. The molecule has 2 aromatic rings. The number of fused-ring (bicyclic) bond motifs is 1. The highest BCUT2D eigenvalue weighted by Crippen LogP contribution is 2.21. The molecule has 0 aromatic heterocycles. The zero-order valence-electron chi connectivity index (χ0n) is 7.67. The lowest BCUT2D eigenvalue weighted by atomic mass is 10.1. The van der Waals surface area contributed by atoms with Crippen LogP contribution in [0.1, 0.15) is 5.56 Å². The Kier molecular flexibility index (Phi) is 1.91. The van der Waals surface area contributed by atoms with Crippen LogP contribution in [0.25, 0.3) is 10.8 Å². The summed E-state index contributed by atoms with van der Waals surface area (Å²) in [6.07, 6.45) is 0. The maximum absolute atomic E-state index is 3.64. The number of anilines is 1. The second kappa shape index (κ2) is 3.07. The topological polar surface area (TPSA) is 39.7 Å². The van der Waals surface area contributed by atoms with Crippen LogP contribution < -0.4 is 11.3 Å². The minimum atomic E-state index is 1.05. The SMILES string of the molecule is Cc1cccc2cc(N[NH3+])ccc12. The van der Waals surface area contributed by atoms with E-state index in [1.165, 1.54) is 16.3 Å². The first-order chi connectivity index (χ1) is 6.31. The van der Waals surface area contributed by atoms with Gasteiger partial charge in [-0.2, -0.15) is 0 Å². The Bertz CT molecular complexity index is 435. The second-order valence-corrected chi connectivity index (χ2v) is 3.19. The second-order valence-electron chi connectivity index (χ2n) is 3.19. The van der Waals surface area contributed by atoms with Crippen molar-refractivity contribution in [2.24, 2.45) is 0 Å². The molecule has 0 atom stereocenters. The van der Waals surface area contributed by atoms with E-state index in [1.54, 1.807) is 0 Å². The Morgan fingerprint density at radius 3 is 2.77 bits per heavy atom. The quantitative estimate of drug-likeness (QED) is 0.633. The Balaban J connectivity index is 2.72. The molecule has 0 fully saturated rings. The van der Waals surface area contributed by atoms with E-state index in [9.17, 15) is 0 Å². The van der Waals surface area contributed by atoms with E-state index >= 15 is 0 Å². The van der Waals surface area contributed by atoms with E-state index < -0.39 is 0 Å². The molecule has 0 aliphatic heterocycles. The summed E-state index contributed by atoms with van der Waals surface area (Å²) >= 11 is 0. The smallest absolute Gasteiger partial charge is 0.0853 e. The van der Waals surface area contributed by atoms with Gasteiger partial charge in [0.05, 0.1) is 5.69 Å². The van der Waals surface area contributed by atoms with Crippen LogP contribution in [0.2, 0.25) is 0 Å². The fourth-order valence-electron chi connectivity index (χ4n) is 1.56. The summed E-state index contributed by atoms with van der Waals surface area (Å²) in [4.78, 5) is 0. The van der Waals surface area contributed by atoms with Gasteiger partial charge in [-0.1, -0.05) is 24.3 Å². The van der Waals surface area contributed by atoms with Gasteiger partial charge in [-0.3, -0.25) is 5.84 Å². The van der Waals surface area contributed by atoms with Gasteiger partial charge in [0.15, 0.2) is 0 Å². The first-order valence-corrected chi connectivity index (χ1v) is 4.34. The average Bonchev–Trinajstić information content (AvgIpc) is 2.18. The molecule has 2 heteroatoms. The van der Waals surface area contributed by atoms with Crippen LogP contribution in [0.4, 0.5) is 5.69 Å². The van der Waals surface area contributed by atoms with Crippen molar-refractivity contribution in [3.63, 3.8) is 0 Å². The lowest BCUT2D eigenvalue weighted by molar-refractivity contribution is -0.325. The molecule has 0 aliphatic carbocycles. The fraction of sp³-hybridized carbons (Fsp3) is 0.0909. The average molecular weight is 173 g/mol. The van der Waals surface area contributed by atoms with Gasteiger partial charge < -0.3 is 0 Å². The monoisotopic (exact) mass is 173 g/mol. The highest BCUT2D eigenvalue weighted by atomic mass is 15.2. The maximum atomic E-state index is 3.64. The fourth-order valence-corrected chi connectivity index (χ4v) is 1.56. The number of rotatable bonds is 1. The molecule has 4 N–H and O–H groups in total. The van der Waals surface area contributed by atoms with Crippen LogP contribution in [-0.4, -0.2) is 0 Å². The van der Waals surface area contributed by atoms with Gasteiger partial charge in [-0.05, 0) is 35.4 Å². The van der Waals surface area contributed by atoms with E-state index in [-0.39, 0.29) is 0 Å². The minimum Gasteiger partial charge on any atom is -0.258 e. The van der Waals surface area contributed by atoms with Crippen molar-refractivity contribution in [2.45, 2.75) is 6.92 Å². The largest absolute Gasteiger partial charge is 0.258 e. The molecule has 2 nitrogen and oxygen atoms in total. The molecule has 66 valence electrons. The molecule has 2 aromatic carbocycles. The van der Waals surface area contributed by atoms with Crippen molar-refractivity contribution in [1.82, 2.24) is 0 Å². The standard InChI is InChI=1S/C11H12N2/c1-8-3-2-4-9-7-10(13-12)5-6-11(8)9/h2-7,13H,12H2,1H3/p+1. The van der Waals surface area contributed by atoms with Gasteiger partial charge in [0.25, 0.3) is 0 Å². The molecule has 0 amide bonds. The predicted octanol–water partition coefficient (Wildman–Crippen LogP) is 1.72. The lowest BCUT2D eigenvalue weighted by Crippen LogP contribution is -2.56. The van der Waals surface area contributed by atoms with Gasteiger partial charge >= 0.3 is 0 Å². The summed E-state index contributed by atoms with van der Waals surface area (Å²) in [5.41, 5.74) is 5.26. The first-order valence-electron chi connectivity index (χ1n) is 4.34.